The molecule has 3 heterocycles. The Bertz CT molecular complexity index is 720. The van der Waals surface area contributed by atoms with Gasteiger partial charge in [0.2, 0.25) is 0 Å². The number of carbonyl (C=O) groups excluding carboxylic acids is 1. The van der Waals surface area contributed by atoms with Crippen molar-refractivity contribution in [1.82, 2.24) is 19.9 Å². The van der Waals surface area contributed by atoms with Crippen molar-refractivity contribution in [1.29, 1.82) is 0 Å². The maximum atomic E-state index is 12.5. The highest BCUT2D eigenvalue weighted by atomic mass is 16.5. The Kier molecular flexibility index (Phi) is 5.64. The van der Waals surface area contributed by atoms with Crippen molar-refractivity contribution in [3.05, 3.63) is 36.7 Å². The van der Waals surface area contributed by atoms with Crippen LogP contribution in [0, 0.1) is 0 Å². The van der Waals surface area contributed by atoms with Crippen molar-refractivity contribution in [2.45, 2.75) is 37.9 Å². The normalized spacial score (nSPS) is 20.7. The maximum Gasteiger partial charge on any atom is 0.321 e. The Morgan fingerprint density at radius 1 is 1.22 bits per heavy atom. The Labute approximate surface area is 158 Å². The summed E-state index contributed by atoms with van der Waals surface area (Å²) in [7, 11) is 0. The van der Waals surface area contributed by atoms with E-state index in [0.29, 0.717) is 19.7 Å². The third kappa shape index (κ3) is 4.64. The first kappa shape index (κ1) is 17.9. The lowest BCUT2D eigenvalue weighted by Crippen LogP contribution is -2.43. The lowest BCUT2D eigenvalue weighted by atomic mass is 10.1. The van der Waals surface area contributed by atoms with Crippen molar-refractivity contribution in [3.63, 3.8) is 0 Å². The van der Waals surface area contributed by atoms with Gasteiger partial charge in [-0.2, -0.15) is 0 Å². The number of aromatic nitrogens is 3. The van der Waals surface area contributed by atoms with E-state index in [4.69, 9.17) is 9.47 Å². The SMILES string of the molecule is O=C(Nc1ccc(-n2ccnn2)cc1)N1CCC(OCC2CCCO2)CC1. The zero-order valence-electron chi connectivity index (χ0n) is 15.3. The minimum Gasteiger partial charge on any atom is -0.376 e. The lowest BCUT2D eigenvalue weighted by molar-refractivity contribution is -0.0377. The average Bonchev–Trinajstić information content (AvgIpc) is 3.41. The molecule has 144 valence electrons. The van der Waals surface area contributed by atoms with Gasteiger partial charge in [0.25, 0.3) is 0 Å². The molecule has 8 nitrogen and oxygen atoms in total. The summed E-state index contributed by atoms with van der Waals surface area (Å²) < 4.78 is 13.2. The van der Waals surface area contributed by atoms with Gasteiger partial charge in [-0.15, -0.1) is 5.10 Å². The van der Waals surface area contributed by atoms with Gasteiger partial charge < -0.3 is 19.7 Å². The van der Waals surface area contributed by atoms with Crippen LogP contribution in [-0.2, 0) is 9.47 Å². The summed E-state index contributed by atoms with van der Waals surface area (Å²) in [5, 5.41) is 10.7. The van der Waals surface area contributed by atoms with Gasteiger partial charge >= 0.3 is 6.03 Å². The minimum absolute atomic E-state index is 0.0684. The number of ether oxygens (including phenoxy) is 2. The van der Waals surface area contributed by atoms with Gasteiger partial charge in [0.15, 0.2) is 0 Å². The largest absolute Gasteiger partial charge is 0.376 e. The molecule has 27 heavy (non-hydrogen) atoms. The van der Waals surface area contributed by atoms with Gasteiger partial charge in [0.1, 0.15) is 0 Å². The van der Waals surface area contributed by atoms with Gasteiger partial charge in [0.05, 0.1) is 36.9 Å². The van der Waals surface area contributed by atoms with Crippen LogP contribution in [-0.4, -0.2) is 64.4 Å². The van der Waals surface area contributed by atoms with Gasteiger partial charge in [0, 0.05) is 25.4 Å². The molecule has 4 rings (SSSR count). The predicted molar refractivity (Wildman–Crippen MR) is 99.9 cm³/mol. The van der Waals surface area contributed by atoms with Gasteiger partial charge in [-0.05, 0) is 49.9 Å². The fourth-order valence-electron chi connectivity index (χ4n) is 3.49. The summed E-state index contributed by atoms with van der Waals surface area (Å²) in [5.41, 5.74) is 1.66. The molecule has 2 amide bonds. The average molecular weight is 371 g/mol. The molecule has 2 aliphatic heterocycles. The number of nitrogens with one attached hydrogen (secondary N) is 1. The van der Waals surface area contributed by atoms with Crippen molar-refractivity contribution < 1.29 is 14.3 Å². The number of amides is 2. The van der Waals surface area contributed by atoms with Crippen LogP contribution in [0.3, 0.4) is 0 Å². The summed E-state index contributed by atoms with van der Waals surface area (Å²) >= 11 is 0. The first-order chi connectivity index (χ1) is 13.3. The number of anilines is 1. The second-order valence-electron chi connectivity index (χ2n) is 6.98. The minimum atomic E-state index is -0.0684. The van der Waals surface area contributed by atoms with Gasteiger partial charge in [-0.1, -0.05) is 5.21 Å². The van der Waals surface area contributed by atoms with Crippen LogP contribution >= 0.6 is 0 Å². The van der Waals surface area contributed by atoms with E-state index in [1.807, 2.05) is 29.2 Å². The topological polar surface area (TPSA) is 81.5 Å². The molecule has 1 aromatic carbocycles. The van der Waals surface area contributed by atoms with E-state index in [-0.39, 0.29) is 18.2 Å². The number of benzene rings is 1. The molecule has 0 aliphatic carbocycles. The molecule has 2 fully saturated rings. The van der Waals surface area contributed by atoms with Crippen LogP contribution in [0.25, 0.3) is 5.69 Å². The number of urea groups is 1. The quantitative estimate of drug-likeness (QED) is 0.873. The molecule has 2 aliphatic rings. The van der Waals surface area contributed by atoms with Crippen LogP contribution in [0.1, 0.15) is 25.7 Å². The summed E-state index contributed by atoms with van der Waals surface area (Å²) in [6.45, 7) is 2.94. The Morgan fingerprint density at radius 3 is 2.70 bits per heavy atom. The molecule has 0 saturated carbocycles. The first-order valence-corrected chi connectivity index (χ1v) is 9.54. The molecule has 1 N–H and O–H groups in total. The van der Waals surface area contributed by atoms with E-state index in [2.05, 4.69) is 15.6 Å². The number of rotatable bonds is 5. The van der Waals surface area contributed by atoms with Crippen molar-refractivity contribution in [2.75, 3.05) is 31.6 Å². The zero-order chi connectivity index (χ0) is 18.5. The highest BCUT2D eigenvalue weighted by molar-refractivity contribution is 5.89. The fourth-order valence-corrected chi connectivity index (χ4v) is 3.49. The lowest BCUT2D eigenvalue weighted by Gasteiger charge is -2.32. The molecule has 0 bridgehead atoms. The first-order valence-electron chi connectivity index (χ1n) is 9.54. The van der Waals surface area contributed by atoms with Crippen LogP contribution in [0.4, 0.5) is 10.5 Å². The van der Waals surface area contributed by atoms with Crippen LogP contribution < -0.4 is 5.32 Å². The second kappa shape index (κ2) is 8.49. The van der Waals surface area contributed by atoms with Crippen molar-refractivity contribution in [3.8, 4) is 5.69 Å². The predicted octanol–water partition coefficient (Wildman–Crippen LogP) is 2.46. The molecule has 2 aromatic rings. The van der Waals surface area contributed by atoms with E-state index in [0.717, 1.165) is 43.7 Å². The van der Waals surface area contributed by atoms with Crippen LogP contribution in [0.5, 0.6) is 0 Å². The van der Waals surface area contributed by atoms with E-state index >= 15 is 0 Å². The van der Waals surface area contributed by atoms with Crippen molar-refractivity contribution >= 4 is 11.7 Å². The molecule has 1 aromatic heterocycles. The zero-order valence-corrected chi connectivity index (χ0v) is 15.3. The maximum absolute atomic E-state index is 12.5. The van der Waals surface area contributed by atoms with Crippen molar-refractivity contribution in [2.24, 2.45) is 0 Å². The van der Waals surface area contributed by atoms with E-state index in [1.165, 1.54) is 0 Å². The summed E-state index contributed by atoms with van der Waals surface area (Å²) in [6, 6.07) is 7.46. The highest BCUT2D eigenvalue weighted by Gasteiger charge is 2.25. The van der Waals surface area contributed by atoms with Crippen LogP contribution in [0.15, 0.2) is 36.7 Å². The second-order valence-corrected chi connectivity index (χ2v) is 6.98. The molecular formula is C19H25N5O3. The third-order valence-electron chi connectivity index (χ3n) is 5.08. The van der Waals surface area contributed by atoms with Gasteiger partial charge in [-0.25, -0.2) is 9.48 Å². The summed E-state index contributed by atoms with van der Waals surface area (Å²) in [6.07, 6.45) is 7.84. The third-order valence-corrected chi connectivity index (χ3v) is 5.08. The Morgan fingerprint density at radius 2 is 2.04 bits per heavy atom. The molecule has 1 unspecified atom stereocenters. The monoisotopic (exact) mass is 371 g/mol. The number of nitrogens with zero attached hydrogens (tertiary/aromatic N) is 4. The Hall–Kier alpha value is -2.45. The number of hydrogen-bond acceptors (Lipinski definition) is 5. The van der Waals surface area contributed by atoms with E-state index in [1.54, 1.807) is 17.1 Å². The number of likely N-dealkylation sites (tertiary alicyclic amines) is 1. The number of piperidine rings is 1. The Balaban J connectivity index is 1.22. The summed E-state index contributed by atoms with van der Waals surface area (Å²) in [4.78, 5) is 14.3. The highest BCUT2D eigenvalue weighted by Crippen LogP contribution is 2.19. The fraction of sp³-hybridized carbons (Fsp3) is 0.526. The molecular weight excluding hydrogens is 346 g/mol. The standard InChI is InChI=1S/C19H25N5O3/c25-19(21-15-3-5-16(6-4-15)24-12-9-20-22-24)23-10-7-17(8-11-23)27-14-18-2-1-13-26-18/h3-6,9,12,17-18H,1-2,7-8,10-11,13-14H2,(H,21,25). The van der Waals surface area contributed by atoms with E-state index < -0.39 is 0 Å². The van der Waals surface area contributed by atoms with E-state index in [9.17, 15) is 4.79 Å². The summed E-state index contributed by atoms with van der Waals surface area (Å²) in [5.74, 6) is 0. The number of carbonyl (C=O) groups is 1. The molecule has 1 atom stereocenters. The van der Waals surface area contributed by atoms with Crippen LogP contribution in [0.2, 0.25) is 0 Å². The smallest absolute Gasteiger partial charge is 0.321 e. The number of hydrogen-bond donors (Lipinski definition) is 1. The van der Waals surface area contributed by atoms with Gasteiger partial charge in [-0.3, -0.25) is 0 Å². The molecule has 8 heteroatoms. The molecule has 2 saturated heterocycles. The molecule has 0 spiro atoms. The molecule has 0 radical (unpaired) electrons.